The second-order valence-corrected chi connectivity index (χ2v) is 4.53. The molecule has 1 nitrogen and oxygen atoms in total. The molecule has 2 rings (SSSR count). The SMILES string of the molecule is CC.CC1CC2CCCN(C)C2C1. The van der Waals surface area contributed by atoms with E-state index < -0.39 is 0 Å². The highest BCUT2D eigenvalue weighted by Gasteiger charge is 2.36. The maximum atomic E-state index is 2.58. The van der Waals surface area contributed by atoms with Gasteiger partial charge in [-0.3, -0.25) is 0 Å². The summed E-state index contributed by atoms with van der Waals surface area (Å²) in [6.45, 7) is 7.75. The Morgan fingerprint density at radius 2 is 1.85 bits per heavy atom. The van der Waals surface area contributed by atoms with Crippen molar-refractivity contribution in [1.29, 1.82) is 0 Å². The summed E-state index contributed by atoms with van der Waals surface area (Å²) < 4.78 is 0. The van der Waals surface area contributed by atoms with Crippen molar-refractivity contribution in [2.45, 2.75) is 52.5 Å². The van der Waals surface area contributed by atoms with Crippen LogP contribution in [0, 0.1) is 11.8 Å². The molecule has 78 valence electrons. The average Bonchev–Trinajstić information content (AvgIpc) is 2.51. The molecule has 0 spiro atoms. The van der Waals surface area contributed by atoms with Crippen LogP contribution in [-0.4, -0.2) is 24.5 Å². The molecule has 1 saturated carbocycles. The van der Waals surface area contributed by atoms with Crippen molar-refractivity contribution in [3.8, 4) is 0 Å². The number of piperidine rings is 1. The summed E-state index contributed by atoms with van der Waals surface area (Å²) >= 11 is 0. The van der Waals surface area contributed by atoms with Crippen molar-refractivity contribution in [3.63, 3.8) is 0 Å². The molecule has 2 fully saturated rings. The van der Waals surface area contributed by atoms with Crippen molar-refractivity contribution in [3.05, 3.63) is 0 Å². The Morgan fingerprint density at radius 3 is 2.46 bits per heavy atom. The van der Waals surface area contributed by atoms with Crippen LogP contribution in [-0.2, 0) is 0 Å². The van der Waals surface area contributed by atoms with Gasteiger partial charge in [0.1, 0.15) is 0 Å². The molecule has 0 N–H and O–H groups in total. The molecule has 2 aliphatic rings. The van der Waals surface area contributed by atoms with Crippen LogP contribution < -0.4 is 0 Å². The summed E-state index contributed by atoms with van der Waals surface area (Å²) in [5.74, 6) is 2.04. The third-order valence-corrected chi connectivity index (χ3v) is 3.55. The van der Waals surface area contributed by atoms with E-state index in [9.17, 15) is 0 Å². The zero-order valence-electron chi connectivity index (χ0n) is 9.71. The van der Waals surface area contributed by atoms with Gasteiger partial charge in [0.15, 0.2) is 0 Å². The molecule has 1 saturated heterocycles. The van der Waals surface area contributed by atoms with Gasteiger partial charge in [-0.2, -0.15) is 0 Å². The lowest BCUT2D eigenvalue weighted by molar-refractivity contribution is 0.144. The highest BCUT2D eigenvalue weighted by Crippen LogP contribution is 2.39. The molecule has 3 atom stereocenters. The number of fused-ring (bicyclic) bond motifs is 1. The lowest BCUT2D eigenvalue weighted by Gasteiger charge is -2.34. The maximum Gasteiger partial charge on any atom is 0.0123 e. The van der Waals surface area contributed by atoms with Gasteiger partial charge in [-0.05, 0) is 51.1 Å². The minimum absolute atomic E-state index is 0.943. The first kappa shape index (κ1) is 11.0. The molecule has 3 unspecified atom stereocenters. The molecular formula is C12H25N. The number of hydrogen-bond acceptors (Lipinski definition) is 1. The summed E-state index contributed by atoms with van der Waals surface area (Å²) in [5, 5.41) is 0. The number of nitrogens with zero attached hydrogens (tertiary/aromatic N) is 1. The van der Waals surface area contributed by atoms with E-state index in [0.717, 1.165) is 17.9 Å². The molecular weight excluding hydrogens is 158 g/mol. The minimum Gasteiger partial charge on any atom is -0.303 e. The minimum atomic E-state index is 0.943. The molecule has 0 amide bonds. The van der Waals surface area contributed by atoms with Crippen LogP contribution in [0.3, 0.4) is 0 Å². The van der Waals surface area contributed by atoms with Crippen molar-refractivity contribution in [1.82, 2.24) is 4.90 Å². The van der Waals surface area contributed by atoms with Gasteiger partial charge in [0.2, 0.25) is 0 Å². The topological polar surface area (TPSA) is 3.24 Å². The Morgan fingerprint density at radius 1 is 1.15 bits per heavy atom. The van der Waals surface area contributed by atoms with Crippen LogP contribution in [0.25, 0.3) is 0 Å². The largest absolute Gasteiger partial charge is 0.303 e. The zero-order valence-corrected chi connectivity index (χ0v) is 9.71. The predicted molar refractivity (Wildman–Crippen MR) is 58.9 cm³/mol. The van der Waals surface area contributed by atoms with Crippen molar-refractivity contribution >= 4 is 0 Å². The van der Waals surface area contributed by atoms with E-state index in [2.05, 4.69) is 18.9 Å². The van der Waals surface area contributed by atoms with Gasteiger partial charge < -0.3 is 4.90 Å². The van der Waals surface area contributed by atoms with Crippen LogP contribution in [0.4, 0.5) is 0 Å². The number of rotatable bonds is 0. The first-order valence-electron chi connectivity index (χ1n) is 5.97. The molecule has 13 heavy (non-hydrogen) atoms. The molecule has 1 heteroatoms. The summed E-state index contributed by atoms with van der Waals surface area (Å²) in [4.78, 5) is 2.58. The lowest BCUT2D eigenvalue weighted by atomic mass is 9.92. The first-order valence-corrected chi connectivity index (χ1v) is 5.97. The van der Waals surface area contributed by atoms with Gasteiger partial charge in [-0.25, -0.2) is 0 Å². The second-order valence-electron chi connectivity index (χ2n) is 4.53. The van der Waals surface area contributed by atoms with Crippen LogP contribution in [0.2, 0.25) is 0 Å². The molecule has 0 aromatic carbocycles. The van der Waals surface area contributed by atoms with E-state index in [-0.39, 0.29) is 0 Å². The van der Waals surface area contributed by atoms with E-state index in [0.29, 0.717) is 0 Å². The highest BCUT2D eigenvalue weighted by atomic mass is 15.1. The third kappa shape index (κ3) is 2.46. The molecule has 1 aliphatic carbocycles. The van der Waals surface area contributed by atoms with E-state index in [4.69, 9.17) is 0 Å². The van der Waals surface area contributed by atoms with Crippen molar-refractivity contribution < 1.29 is 0 Å². The summed E-state index contributed by atoms with van der Waals surface area (Å²) in [6.07, 6.45) is 5.89. The second kappa shape index (κ2) is 4.99. The van der Waals surface area contributed by atoms with Gasteiger partial charge in [-0.15, -0.1) is 0 Å². The Balaban J connectivity index is 0.000000396. The monoisotopic (exact) mass is 183 g/mol. The number of hydrogen-bond donors (Lipinski definition) is 0. The number of likely N-dealkylation sites (tertiary alicyclic amines) is 1. The smallest absolute Gasteiger partial charge is 0.0123 e. The van der Waals surface area contributed by atoms with Crippen LogP contribution >= 0.6 is 0 Å². The average molecular weight is 183 g/mol. The summed E-state index contributed by atoms with van der Waals surface area (Å²) in [6, 6.07) is 0.943. The lowest BCUT2D eigenvalue weighted by Crippen LogP contribution is -2.39. The van der Waals surface area contributed by atoms with Gasteiger partial charge in [-0.1, -0.05) is 20.8 Å². The van der Waals surface area contributed by atoms with E-state index in [1.807, 2.05) is 13.8 Å². The van der Waals surface area contributed by atoms with Crippen molar-refractivity contribution in [2.24, 2.45) is 11.8 Å². The Bertz CT molecular complexity index is 144. The Labute approximate surface area is 83.5 Å². The quantitative estimate of drug-likeness (QED) is 0.557. The fourth-order valence-electron chi connectivity index (χ4n) is 2.99. The van der Waals surface area contributed by atoms with E-state index in [1.165, 1.54) is 32.2 Å². The van der Waals surface area contributed by atoms with E-state index >= 15 is 0 Å². The van der Waals surface area contributed by atoms with Gasteiger partial charge >= 0.3 is 0 Å². The maximum absolute atomic E-state index is 2.58. The fourth-order valence-corrected chi connectivity index (χ4v) is 2.99. The normalized spacial score (nSPS) is 39.2. The third-order valence-electron chi connectivity index (χ3n) is 3.55. The van der Waals surface area contributed by atoms with Gasteiger partial charge in [0, 0.05) is 6.04 Å². The summed E-state index contributed by atoms with van der Waals surface area (Å²) in [7, 11) is 2.30. The zero-order chi connectivity index (χ0) is 9.84. The van der Waals surface area contributed by atoms with Crippen molar-refractivity contribution in [2.75, 3.05) is 13.6 Å². The highest BCUT2D eigenvalue weighted by molar-refractivity contribution is 4.90. The molecule has 0 bridgehead atoms. The van der Waals surface area contributed by atoms with Crippen LogP contribution in [0.5, 0.6) is 0 Å². The van der Waals surface area contributed by atoms with Crippen LogP contribution in [0.15, 0.2) is 0 Å². The molecule has 0 aromatic rings. The molecule has 0 radical (unpaired) electrons. The molecule has 1 aliphatic heterocycles. The standard InChI is InChI=1S/C10H19N.C2H6/c1-8-6-9-4-3-5-11(2)10(9)7-8;1-2/h8-10H,3-7H2,1-2H3;1-2H3. The Kier molecular flexibility index (Phi) is 4.24. The van der Waals surface area contributed by atoms with Crippen LogP contribution in [0.1, 0.15) is 46.5 Å². The molecule has 1 heterocycles. The summed E-state index contributed by atoms with van der Waals surface area (Å²) in [5.41, 5.74) is 0. The van der Waals surface area contributed by atoms with E-state index in [1.54, 1.807) is 0 Å². The predicted octanol–water partition coefficient (Wildman–Crippen LogP) is 3.15. The Hall–Kier alpha value is -0.0400. The fraction of sp³-hybridized carbons (Fsp3) is 1.00. The van der Waals surface area contributed by atoms with Gasteiger partial charge in [0.25, 0.3) is 0 Å². The molecule has 0 aromatic heterocycles. The first-order chi connectivity index (χ1) is 6.27. The van der Waals surface area contributed by atoms with Gasteiger partial charge in [0.05, 0.1) is 0 Å².